The molecule has 216 valence electrons. The normalized spacial score (nSPS) is 16.1. The van der Waals surface area contributed by atoms with Crippen LogP contribution in [0, 0.1) is 0 Å². The van der Waals surface area contributed by atoms with E-state index in [1.54, 1.807) is 33.5 Å². The second-order valence-corrected chi connectivity index (χ2v) is 9.40. The first-order valence-electron chi connectivity index (χ1n) is 13.4. The summed E-state index contributed by atoms with van der Waals surface area (Å²) in [5.41, 5.74) is 1.26. The van der Waals surface area contributed by atoms with E-state index in [9.17, 15) is 4.79 Å². The predicted octanol–water partition coefficient (Wildman–Crippen LogP) is 4.41. The minimum atomic E-state index is -1.18. The lowest BCUT2D eigenvalue weighted by Gasteiger charge is -2.22. The smallest absolute Gasteiger partial charge is 0.252 e. The Morgan fingerprint density at radius 2 is 1.71 bits per heavy atom. The third-order valence-electron chi connectivity index (χ3n) is 6.67. The summed E-state index contributed by atoms with van der Waals surface area (Å²) in [6, 6.07) is 20.7. The van der Waals surface area contributed by atoms with Crippen LogP contribution in [-0.4, -0.2) is 63.6 Å². The number of nitrogens with one attached hydrogen (secondary N) is 1. The highest BCUT2D eigenvalue weighted by Crippen LogP contribution is 2.34. The van der Waals surface area contributed by atoms with Gasteiger partial charge in [0.25, 0.3) is 5.91 Å². The monoisotopic (exact) mass is 560 g/mol. The molecule has 1 atom stereocenters. The van der Waals surface area contributed by atoms with Gasteiger partial charge < -0.3 is 34.1 Å². The van der Waals surface area contributed by atoms with Crippen LogP contribution < -0.4 is 24.3 Å². The molecule has 0 aliphatic carbocycles. The predicted molar refractivity (Wildman–Crippen MR) is 157 cm³/mol. The third-order valence-corrected chi connectivity index (χ3v) is 6.67. The van der Waals surface area contributed by atoms with E-state index in [1.807, 2.05) is 66.7 Å². The molecule has 1 heterocycles. The summed E-state index contributed by atoms with van der Waals surface area (Å²) < 4.78 is 28.1. The highest BCUT2D eigenvalue weighted by molar-refractivity contribution is 6.00. The van der Waals surface area contributed by atoms with Crippen molar-refractivity contribution in [2.24, 2.45) is 4.99 Å². The zero-order valence-corrected chi connectivity index (χ0v) is 23.6. The SMILES string of the molecule is COc1cc(OC)c(CNC(=O)[C@@]2(C/C=C/c3ccccc3)COC(c3ccc(OCCCO)cc3)=N2)c(OC)c1. The van der Waals surface area contributed by atoms with Gasteiger partial charge >= 0.3 is 0 Å². The maximum absolute atomic E-state index is 13.8. The van der Waals surface area contributed by atoms with Crippen molar-refractivity contribution in [3.63, 3.8) is 0 Å². The van der Waals surface area contributed by atoms with E-state index in [-0.39, 0.29) is 25.7 Å². The van der Waals surface area contributed by atoms with Crippen LogP contribution >= 0.6 is 0 Å². The molecule has 41 heavy (non-hydrogen) atoms. The molecule has 0 saturated heterocycles. The van der Waals surface area contributed by atoms with Gasteiger partial charge in [0.2, 0.25) is 5.90 Å². The Bertz CT molecular complexity index is 1330. The number of nitrogens with zero attached hydrogens (tertiary/aromatic N) is 1. The van der Waals surface area contributed by atoms with Crippen molar-refractivity contribution < 1.29 is 33.6 Å². The fourth-order valence-electron chi connectivity index (χ4n) is 4.40. The number of carbonyl (C=O) groups excluding carboxylic acids is 1. The molecule has 0 aromatic heterocycles. The highest BCUT2D eigenvalue weighted by atomic mass is 16.5. The molecule has 9 nitrogen and oxygen atoms in total. The number of aliphatic imine (C=N–C) groups is 1. The summed E-state index contributed by atoms with van der Waals surface area (Å²) >= 11 is 0. The quantitative estimate of drug-likeness (QED) is 0.281. The van der Waals surface area contributed by atoms with Crippen molar-refractivity contribution in [2.75, 3.05) is 41.2 Å². The first-order chi connectivity index (χ1) is 20.0. The zero-order valence-electron chi connectivity index (χ0n) is 23.6. The number of hydrogen-bond donors (Lipinski definition) is 2. The number of carbonyl (C=O) groups is 1. The second-order valence-electron chi connectivity index (χ2n) is 9.40. The molecule has 4 rings (SSSR count). The van der Waals surface area contributed by atoms with Crippen molar-refractivity contribution in [1.29, 1.82) is 0 Å². The molecule has 1 aliphatic rings. The Kier molecular flexibility index (Phi) is 10.2. The van der Waals surface area contributed by atoms with Gasteiger partial charge in [0, 0.05) is 37.1 Å². The van der Waals surface area contributed by atoms with Crippen LogP contribution in [0.4, 0.5) is 0 Å². The van der Waals surface area contributed by atoms with E-state index in [1.165, 1.54) is 0 Å². The van der Waals surface area contributed by atoms with Crippen LogP contribution in [0.2, 0.25) is 0 Å². The minimum absolute atomic E-state index is 0.0730. The summed E-state index contributed by atoms with van der Waals surface area (Å²) in [6.07, 6.45) is 4.80. The molecule has 1 amide bonds. The van der Waals surface area contributed by atoms with E-state index in [0.717, 1.165) is 11.1 Å². The molecule has 3 aromatic carbocycles. The van der Waals surface area contributed by atoms with Crippen LogP contribution in [0.5, 0.6) is 23.0 Å². The van der Waals surface area contributed by atoms with E-state index < -0.39 is 5.54 Å². The van der Waals surface area contributed by atoms with Gasteiger partial charge in [-0.15, -0.1) is 0 Å². The standard InChI is InChI=1S/C32H36N2O7/c1-37-26-19-28(38-2)27(29(20-26)39-3)21-33-31(36)32(16-7-11-23-9-5-4-6-10-23)22-41-30(34-32)24-12-14-25(15-13-24)40-18-8-17-35/h4-7,9-15,19-20,35H,8,16-18,21-22H2,1-3H3,(H,33,36)/b11-7+/t32-/m1/s1. The summed E-state index contributed by atoms with van der Waals surface area (Å²) in [7, 11) is 4.68. The van der Waals surface area contributed by atoms with Gasteiger partial charge in [0.15, 0.2) is 5.54 Å². The molecule has 1 aliphatic heterocycles. The van der Waals surface area contributed by atoms with Gasteiger partial charge in [-0.2, -0.15) is 0 Å². The Morgan fingerprint density at radius 1 is 1.00 bits per heavy atom. The molecule has 0 radical (unpaired) electrons. The lowest BCUT2D eigenvalue weighted by Crippen LogP contribution is -2.46. The summed E-state index contributed by atoms with van der Waals surface area (Å²) in [5, 5.41) is 12.0. The summed E-state index contributed by atoms with van der Waals surface area (Å²) in [6.45, 7) is 0.737. The first kappa shape index (κ1) is 29.5. The molecule has 0 bridgehead atoms. The number of benzene rings is 3. The number of hydrogen-bond acceptors (Lipinski definition) is 8. The van der Waals surface area contributed by atoms with Crippen molar-refractivity contribution in [1.82, 2.24) is 5.32 Å². The van der Waals surface area contributed by atoms with Gasteiger partial charge in [-0.05, 0) is 29.8 Å². The molecule has 0 spiro atoms. The van der Waals surface area contributed by atoms with Gasteiger partial charge in [0.05, 0.1) is 40.0 Å². The average molecular weight is 561 g/mol. The molecule has 0 saturated carbocycles. The van der Waals surface area contributed by atoms with E-state index >= 15 is 0 Å². The lowest BCUT2D eigenvalue weighted by molar-refractivity contribution is -0.126. The number of aliphatic hydroxyl groups excluding tert-OH is 1. The van der Waals surface area contributed by atoms with Crippen LogP contribution in [-0.2, 0) is 16.1 Å². The number of methoxy groups -OCH3 is 3. The lowest BCUT2D eigenvalue weighted by atomic mass is 9.95. The van der Waals surface area contributed by atoms with Crippen molar-refractivity contribution in [3.8, 4) is 23.0 Å². The molecule has 9 heteroatoms. The Hall–Kier alpha value is -4.50. The molecular weight excluding hydrogens is 524 g/mol. The zero-order chi connectivity index (χ0) is 29.1. The number of aliphatic hydroxyl groups is 1. The largest absolute Gasteiger partial charge is 0.496 e. The van der Waals surface area contributed by atoms with E-state index in [0.29, 0.717) is 53.9 Å². The molecule has 0 fully saturated rings. The number of ether oxygens (including phenoxy) is 5. The van der Waals surface area contributed by atoms with Crippen LogP contribution in [0.3, 0.4) is 0 Å². The molecule has 2 N–H and O–H groups in total. The maximum atomic E-state index is 13.8. The average Bonchev–Trinajstić information content (AvgIpc) is 3.46. The van der Waals surface area contributed by atoms with Crippen molar-refractivity contribution in [2.45, 2.75) is 24.9 Å². The van der Waals surface area contributed by atoms with Crippen LogP contribution in [0.25, 0.3) is 6.08 Å². The van der Waals surface area contributed by atoms with Gasteiger partial charge in [-0.3, -0.25) is 4.79 Å². The summed E-state index contributed by atoms with van der Waals surface area (Å²) in [4.78, 5) is 18.6. The second kappa shape index (κ2) is 14.2. The van der Waals surface area contributed by atoms with E-state index in [2.05, 4.69) is 5.32 Å². The van der Waals surface area contributed by atoms with Gasteiger partial charge in [-0.25, -0.2) is 4.99 Å². The van der Waals surface area contributed by atoms with Crippen LogP contribution in [0.15, 0.2) is 77.8 Å². The van der Waals surface area contributed by atoms with E-state index in [4.69, 9.17) is 33.8 Å². The molecular formula is C32H36N2O7. The minimum Gasteiger partial charge on any atom is -0.496 e. The summed E-state index contributed by atoms with van der Waals surface area (Å²) in [5.74, 6) is 2.43. The Morgan fingerprint density at radius 3 is 2.34 bits per heavy atom. The number of amides is 1. The Labute approximate surface area is 240 Å². The third kappa shape index (κ3) is 7.37. The topological polar surface area (TPSA) is 108 Å². The highest BCUT2D eigenvalue weighted by Gasteiger charge is 2.43. The maximum Gasteiger partial charge on any atom is 0.252 e. The molecule has 0 unspecified atom stereocenters. The van der Waals surface area contributed by atoms with Crippen LogP contribution in [0.1, 0.15) is 29.5 Å². The molecule has 3 aromatic rings. The Balaban J connectivity index is 1.58. The van der Waals surface area contributed by atoms with Crippen molar-refractivity contribution in [3.05, 3.63) is 89.5 Å². The number of rotatable bonds is 14. The fraction of sp³-hybridized carbons (Fsp3) is 0.312. The first-order valence-corrected chi connectivity index (χ1v) is 13.4. The van der Waals surface area contributed by atoms with Crippen molar-refractivity contribution >= 4 is 17.9 Å². The van der Waals surface area contributed by atoms with Gasteiger partial charge in [0.1, 0.15) is 29.6 Å². The fourth-order valence-corrected chi connectivity index (χ4v) is 4.40. The van der Waals surface area contributed by atoms with Gasteiger partial charge in [-0.1, -0.05) is 42.5 Å².